The summed E-state index contributed by atoms with van der Waals surface area (Å²) < 4.78 is 48.7. The number of fused-ring (bicyclic) bond motifs is 4. The number of hydrogen-bond donors (Lipinski definition) is 1. The molecule has 9 nitrogen and oxygen atoms in total. The summed E-state index contributed by atoms with van der Waals surface area (Å²) in [5.41, 5.74) is 9.19. The number of nitrogen functional groups attached to an aromatic ring is 1. The lowest BCUT2D eigenvalue weighted by molar-refractivity contribution is -0.137. The SMILES string of the molecule is Cc1ncn2c1c(N)nc1ccc(C(=O)N(c3cnn(C)c3)[C@@H]3COc4cc(C(F)(F)F)ccc43)cc12. The number of anilines is 2. The first kappa shape index (κ1) is 22.8. The molecule has 1 atom stereocenters. The van der Waals surface area contributed by atoms with Crippen molar-refractivity contribution < 1.29 is 22.7 Å². The number of alkyl halides is 3. The predicted molar refractivity (Wildman–Crippen MR) is 129 cm³/mol. The highest BCUT2D eigenvalue weighted by atomic mass is 19.4. The summed E-state index contributed by atoms with van der Waals surface area (Å²) in [6.45, 7) is 1.81. The molecule has 5 aromatic rings. The molecule has 4 heterocycles. The number of nitrogens with two attached hydrogens (primary N) is 1. The van der Waals surface area contributed by atoms with Gasteiger partial charge in [-0.05, 0) is 37.3 Å². The number of halogens is 3. The van der Waals surface area contributed by atoms with Gasteiger partial charge in [0.1, 0.15) is 30.0 Å². The fourth-order valence-corrected chi connectivity index (χ4v) is 4.75. The van der Waals surface area contributed by atoms with Gasteiger partial charge in [-0.1, -0.05) is 6.07 Å². The second kappa shape index (κ2) is 7.95. The van der Waals surface area contributed by atoms with Crippen LogP contribution in [0.4, 0.5) is 24.7 Å². The lowest BCUT2D eigenvalue weighted by Gasteiger charge is -2.27. The monoisotopic (exact) mass is 507 g/mol. The van der Waals surface area contributed by atoms with E-state index in [1.807, 2.05) is 6.92 Å². The molecule has 0 aliphatic carbocycles. The van der Waals surface area contributed by atoms with Crippen LogP contribution in [0.25, 0.3) is 16.6 Å². The third-order valence-corrected chi connectivity index (χ3v) is 6.51. The van der Waals surface area contributed by atoms with Crippen molar-refractivity contribution in [1.82, 2.24) is 24.1 Å². The Morgan fingerprint density at radius 2 is 2.03 bits per heavy atom. The summed E-state index contributed by atoms with van der Waals surface area (Å²) in [7, 11) is 1.71. The molecule has 2 N–H and O–H groups in total. The van der Waals surface area contributed by atoms with Crippen LogP contribution in [0.15, 0.2) is 55.1 Å². The van der Waals surface area contributed by atoms with Crippen molar-refractivity contribution in [1.29, 1.82) is 0 Å². The highest BCUT2D eigenvalue weighted by Gasteiger charge is 2.38. The van der Waals surface area contributed by atoms with Crippen molar-refractivity contribution in [3.05, 3.63) is 77.5 Å². The number of rotatable bonds is 3. The van der Waals surface area contributed by atoms with Crippen LogP contribution in [0.5, 0.6) is 5.75 Å². The maximum Gasteiger partial charge on any atom is 0.416 e. The molecule has 1 aliphatic heterocycles. The molecule has 12 heteroatoms. The standard InChI is InChI=1S/C25H20F3N7O2/c1-13-22-23(29)32-18-6-3-14(7-19(18)34(22)12-30-13)24(36)35(16-9-31-33(2)10-16)20-11-37-21-8-15(25(26,27)28)4-5-17(20)21/h3-10,12,20H,11H2,1-2H3,(H2,29,32)/t20-/m1/s1. The van der Waals surface area contributed by atoms with Crippen molar-refractivity contribution in [2.24, 2.45) is 7.05 Å². The first-order chi connectivity index (χ1) is 17.6. The summed E-state index contributed by atoms with van der Waals surface area (Å²) in [6, 6.07) is 7.69. The Morgan fingerprint density at radius 1 is 1.22 bits per heavy atom. The van der Waals surface area contributed by atoms with E-state index in [4.69, 9.17) is 10.5 Å². The van der Waals surface area contributed by atoms with Crippen LogP contribution in [0.1, 0.15) is 33.2 Å². The molecule has 3 aromatic heterocycles. The van der Waals surface area contributed by atoms with Crippen LogP contribution >= 0.6 is 0 Å². The van der Waals surface area contributed by atoms with Gasteiger partial charge in [-0.15, -0.1) is 0 Å². The van der Waals surface area contributed by atoms with E-state index >= 15 is 0 Å². The molecule has 0 saturated heterocycles. The van der Waals surface area contributed by atoms with E-state index in [9.17, 15) is 18.0 Å². The van der Waals surface area contributed by atoms with Gasteiger partial charge in [0.05, 0.1) is 40.2 Å². The van der Waals surface area contributed by atoms with Gasteiger partial charge in [0.25, 0.3) is 5.91 Å². The minimum absolute atomic E-state index is 0.00604. The average molecular weight is 507 g/mol. The van der Waals surface area contributed by atoms with Crippen molar-refractivity contribution >= 4 is 34.0 Å². The van der Waals surface area contributed by atoms with Crippen LogP contribution in [0.2, 0.25) is 0 Å². The zero-order valence-corrected chi connectivity index (χ0v) is 19.7. The fourth-order valence-electron chi connectivity index (χ4n) is 4.75. The van der Waals surface area contributed by atoms with Crippen LogP contribution in [-0.2, 0) is 13.2 Å². The second-order valence-electron chi connectivity index (χ2n) is 8.87. The molecule has 2 aromatic carbocycles. The summed E-state index contributed by atoms with van der Waals surface area (Å²) in [5, 5.41) is 4.19. The van der Waals surface area contributed by atoms with Crippen molar-refractivity contribution in [3.8, 4) is 5.75 Å². The highest BCUT2D eigenvalue weighted by Crippen LogP contribution is 2.42. The molecule has 0 radical (unpaired) electrons. The number of aryl methyl sites for hydroxylation is 2. The summed E-state index contributed by atoms with van der Waals surface area (Å²) >= 11 is 0. The smallest absolute Gasteiger partial charge is 0.416 e. The number of aromatic nitrogens is 5. The third-order valence-electron chi connectivity index (χ3n) is 6.51. The summed E-state index contributed by atoms with van der Waals surface area (Å²) in [5.74, 6) is 0.0462. The number of amides is 1. The minimum atomic E-state index is -4.51. The molecule has 6 rings (SSSR count). The molecule has 1 aliphatic rings. The van der Waals surface area contributed by atoms with Gasteiger partial charge in [0, 0.05) is 24.4 Å². The largest absolute Gasteiger partial charge is 0.491 e. The molecule has 188 valence electrons. The molecule has 37 heavy (non-hydrogen) atoms. The second-order valence-corrected chi connectivity index (χ2v) is 8.87. The van der Waals surface area contributed by atoms with E-state index in [1.54, 1.807) is 46.9 Å². The van der Waals surface area contributed by atoms with Gasteiger partial charge in [0.15, 0.2) is 0 Å². The van der Waals surface area contributed by atoms with Gasteiger partial charge >= 0.3 is 6.18 Å². The molecule has 1 amide bonds. The molecule has 0 bridgehead atoms. The Bertz CT molecular complexity index is 1710. The lowest BCUT2D eigenvalue weighted by Crippen LogP contribution is -2.35. The topological polar surface area (TPSA) is 104 Å². The van der Waals surface area contributed by atoms with Crippen LogP contribution < -0.4 is 15.4 Å². The van der Waals surface area contributed by atoms with Crippen LogP contribution in [-0.4, -0.2) is 36.7 Å². The van der Waals surface area contributed by atoms with Crippen molar-refractivity contribution in [2.75, 3.05) is 17.2 Å². The Morgan fingerprint density at radius 3 is 2.76 bits per heavy atom. The van der Waals surface area contributed by atoms with Gasteiger partial charge in [-0.2, -0.15) is 18.3 Å². The first-order valence-electron chi connectivity index (χ1n) is 11.3. The van der Waals surface area contributed by atoms with Gasteiger partial charge in [0.2, 0.25) is 0 Å². The summed E-state index contributed by atoms with van der Waals surface area (Å²) in [4.78, 5) is 24.3. The molecule has 0 saturated carbocycles. The van der Waals surface area contributed by atoms with Crippen LogP contribution in [0, 0.1) is 6.92 Å². The van der Waals surface area contributed by atoms with Crippen molar-refractivity contribution in [2.45, 2.75) is 19.1 Å². The van der Waals surface area contributed by atoms with Crippen molar-refractivity contribution in [3.63, 3.8) is 0 Å². The number of hydrogen-bond acceptors (Lipinski definition) is 6. The molecule has 0 fully saturated rings. The quantitative estimate of drug-likeness (QED) is 0.391. The molecule has 0 unspecified atom stereocenters. The first-order valence-corrected chi connectivity index (χ1v) is 11.3. The summed E-state index contributed by atoms with van der Waals surface area (Å²) in [6.07, 6.45) is 0.313. The Hall–Kier alpha value is -4.61. The number of imidazole rings is 1. The predicted octanol–water partition coefficient (Wildman–Crippen LogP) is 4.31. The van der Waals surface area contributed by atoms with Crippen LogP contribution in [0.3, 0.4) is 0 Å². The van der Waals surface area contributed by atoms with Gasteiger partial charge in [-0.25, -0.2) is 9.97 Å². The zero-order valence-electron chi connectivity index (χ0n) is 19.7. The molecular formula is C25H20F3N7O2. The number of carbonyl (C=O) groups is 1. The number of ether oxygens (including phenoxy) is 1. The maximum absolute atomic E-state index is 14.0. The third kappa shape index (κ3) is 3.63. The van der Waals surface area contributed by atoms with E-state index in [0.717, 1.165) is 12.1 Å². The van der Waals surface area contributed by atoms with E-state index in [2.05, 4.69) is 15.1 Å². The van der Waals surface area contributed by atoms with E-state index in [1.165, 1.54) is 17.2 Å². The Kier molecular flexibility index (Phi) is 4.90. The Balaban J connectivity index is 1.47. The molecular weight excluding hydrogens is 487 g/mol. The fraction of sp³-hybridized carbons (Fsp3) is 0.200. The minimum Gasteiger partial charge on any atom is -0.491 e. The number of carbonyl (C=O) groups excluding carboxylic acids is 1. The van der Waals surface area contributed by atoms with Gasteiger partial charge in [-0.3, -0.25) is 18.8 Å². The maximum atomic E-state index is 14.0. The number of nitrogens with zero attached hydrogens (tertiary/aromatic N) is 6. The average Bonchev–Trinajstić information content (AvgIpc) is 3.58. The van der Waals surface area contributed by atoms with Gasteiger partial charge < -0.3 is 10.5 Å². The lowest BCUT2D eigenvalue weighted by atomic mass is 10.0. The normalized spacial score (nSPS) is 15.2. The highest BCUT2D eigenvalue weighted by molar-refractivity contribution is 6.08. The van der Waals surface area contributed by atoms with E-state index in [0.29, 0.717) is 44.9 Å². The number of benzene rings is 2. The molecule has 0 spiro atoms. The Labute approximate surface area is 207 Å². The zero-order chi connectivity index (χ0) is 26.1. The van der Waals surface area contributed by atoms with E-state index < -0.39 is 17.8 Å². The van der Waals surface area contributed by atoms with E-state index in [-0.39, 0.29) is 18.3 Å².